The minimum absolute atomic E-state index is 0.249. The highest BCUT2D eigenvalue weighted by atomic mass is 79.9. The average Bonchev–Trinajstić information content (AvgIpc) is 2.92. The van der Waals surface area contributed by atoms with Gasteiger partial charge in [-0.1, -0.05) is 15.9 Å². The number of fused-ring (bicyclic) bond motifs is 1. The van der Waals surface area contributed by atoms with E-state index in [1.807, 2.05) is 13.8 Å². The van der Waals surface area contributed by atoms with Crippen molar-refractivity contribution in [3.05, 3.63) is 45.6 Å². The van der Waals surface area contributed by atoms with Crippen LogP contribution in [0.5, 0.6) is 0 Å². The SMILES string of the molecule is COC(=O)c1ccc2c(c1)/C(=C1/C=C(Br)C(C)(C)O1)C(=O)N2. The van der Waals surface area contributed by atoms with Gasteiger partial charge >= 0.3 is 5.97 Å². The third-order valence-corrected chi connectivity index (χ3v) is 4.81. The molecule has 3 rings (SSSR count). The predicted octanol–water partition coefficient (Wildman–Crippen LogP) is 3.22. The Morgan fingerprint density at radius 3 is 2.68 bits per heavy atom. The van der Waals surface area contributed by atoms with E-state index in [4.69, 9.17) is 9.47 Å². The molecular formula is C16H14BrNO4. The van der Waals surface area contributed by atoms with Crippen LogP contribution in [-0.2, 0) is 14.3 Å². The number of carbonyl (C=O) groups is 2. The molecule has 1 N–H and O–H groups in total. The molecule has 22 heavy (non-hydrogen) atoms. The molecule has 1 aromatic carbocycles. The van der Waals surface area contributed by atoms with Crippen LogP contribution in [0, 0.1) is 0 Å². The van der Waals surface area contributed by atoms with Crippen LogP contribution < -0.4 is 5.32 Å². The van der Waals surface area contributed by atoms with Gasteiger partial charge in [0.05, 0.1) is 18.2 Å². The Morgan fingerprint density at radius 1 is 1.36 bits per heavy atom. The Kier molecular flexibility index (Phi) is 3.36. The quantitative estimate of drug-likeness (QED) is 0.614. The molecule has 1 aromatic rings. The van der Waals surface area contributed by atoms with Crippen LogP contribution in [0.25, 0.3) is 5.57 Å². The van der Waals surface area contributed by atoms with Crippen molar-refractivity contribution < 1.29 is 19.1 Å². The molecule has 2 aliphatic rings. The molecule has 0 fully saturated rings. The topological polar surface area (TPSA) is 64.6 Å². The Labute approximate surface area is 136 Å². The van der Waals surface area contributed by atoms with Gasteiger partial charge < -0.3 is 14.8 Å². The van der Waals surface area contributed by atoms with Crippen molar-refractivity contribution in [1.82, 2.24) is 0 Å². The zero-order valence-electron chi connectivity index (χ0n) is 12.3. The summed E-state index contributed by atoms with van der Waals surface area (Å²) in [5.74, 6) is -0.215. The van der Waals surface area contributed by atoms with Gasteiger partial charge in [0.15, 0.2) is 0 Å². The summed E-state index contributed by atoms with van der Waals surface area (Å²) in [7, 11) is 1.32. The minimum atomic E-state index is -0.522. The molecule has 6 heteroatoms. The number of esters is 1. The zero-order chi connectivity index (χ0) is 16.1. The second-order valence-corrected chi connectivity index (χ2v) is 6.40. The third kappa shape index (κ3) is 2.23. The number of ether oxygens (including phenoxy) is 2. The van der Waals surface area contributed by atoms with Crippen molar-refractivity contribution in [2.45, 2.75) is 19.4 Å². The van der Waals surface area contributed by atoms with E-state index >= 15 is 0 Å². The van der Waals surface area contributed by atoms with Gasteiger partial charge in [0.25, 0.3) is 5.91 Å². The van der Waals surface area contributed by atoms with Gasteiger partial charge in [0, 0.05) is 15.7 Å². The van der Waals surface area contributed by atoms with E-state index in [1.54, 1.807) is 24.3 Å². The van der Waals surface area contributed by atoms with Crippen molar-refractivity contribution in [1.29, 1.82) is 0 Å². The summed E-state index contributed by atoms with van der Waals surface area (Å²) >= 11 is 3.45. The van der Waals surface area contributed by atoms with E-state index in [-0.39, 0.29) is 5.91 Å². The predicted molar refractivity (Wildman–Crippen MR) is 85.5 cm³/mol. The van der Waals surface area contributed by atoms with E-state index in [9.17, 15) is 9.59 Å². The van der Waals surface area contributed by atoms with Crippen molar-refractivity contribution in [2.24, 2.45) is 0 Å². The smallest absolute Gasteiger partial charge is 0.337 e. The first-order valence-corrected chi connectivity index (χ1v) is 7.48. The van der Waals surface area contributed by atoms with Gasteiger partial charge in [-0.05, 0) is 38.1 Å². The van der Waals surface area contributed by atoms with Gasteiger partial charge in [0.2, 0.25) is 0 Å². The number of allylic oxidation sites excluding steroid dienone is 1. The number of anilines is 1. The normalized spacial score (nSPS) is 21.8. The molecule has 0 atom stereocenters. The van der Waals surface area contributed by atoms with Gasteiger partial charge in [-0.2, -0.15) is 0 Å². The summed E-state index contributed by atoms with van der Waals surface area (Å²) in [6, 6.07) is 4.94. The molecule has 0 saturated carbocycles. The fourth-order valence-electron chi connectivity index (χ4n) is 2.42. The van der Waals surface area contributed by atoms with Crippen molar-refractivity contribution in [2.75, 3.05) is 12.4 Å². The molecule has 1 amide bonds. The maximum absolute atomic E-state index is 12.3. The molecule has 0 aromatic heterocycles. The van der Waals surface area contributed by atoms with Gasteiger partial charge in [-0.3, -0.25) is 4.79 Å². The van der Waals surface area contributed by atoms with E-state index in [1.165, 1.54) is 7.11 Å². The van der Waals surface area contributed by atoms with Crippen LogP contribution in [-0.4, -0.2) is 24.6 Å². The number of hydrogen-bond donors (Lipinski definition) is 1. The molecule has 0 radical (unpaired) electrons. The van der Waals surface area contributed by atoms with Crippen LogP contribution in [0.1, 0.15) is 29.8 Å². The van der Waals surface area contributed by atoms with Crippen LogP contribution >= 0.6 is 15.9 Å². The Balaban J connectivity index is 2.14. The Morgan fingerprint density at radius 2 is 2.09 bits per heavy atom. The second kappa shape index (κ2) is 4.98. The number of methoxy groups -OCH3 is 1. The summed E-state index contributed by atoms with van der Waals surface area (Å²) in [5.41, 5.74) is 1.57. The zero-order valence-corrected chi connectivity index (χ0v) is 13.9. The molecule has 0 saturated heterocycles. The summed E-state index contributed by atoms with van der Waals surface area (Å²) in [4.78, 5) is 24.0. The summed E-state index contributed by atoms with van der Waals surface area (Å²) in [6.07, 6.45) is 1.79. The number of hydrogen-bond acceptors (Lipinski definition) is 4. The Hall–Kier alpha value is -2.08. The lowest BCUT2D eigenvalue weighted by Crippen LogP contribution is -2.19. The maximum Gasteiger partial charge on any atom is 0.337 e. The molecule has 0 aliphatic carbocycles. The lowest BCUT2D eigenvalue weighted by molar-refractivity contribution is -0.111. The van der Waals surface area contributed by atoms with Crippen molar-refractivity contribution in [3.63, 3.8) is 0 Å². The summed E-state index contributed by atoms with van der Waals surface area (Å²) in [6.45, 7) is 3.81. The molecule has 114 valence electrons. The molecular weight excluding hydrogens is 350 g/mol. The molecule has 0 bridgehead atoms. The average molecular weight is 364 g/mol. The molecule has 5 nitrogen and oxygen atoms in total. The number of carbonyl (C=O) groups excluding carboxylic acids is 2. The molecule has 0 unspecified atom stereocenters. The van der Waals surface area contributed by atoms with Crippen LogP contribution in [0.15, 0.2) is 34.5 Å². The second-order valence-electron chi connectivity index (χ2n) is 5.55. The maximum atomic E-state index is 12.3. The third-order valence-electron chi connectivity index (χ3n) is 3.63. The number of nitrogens with one attached hydrogen (secondary N) is 1. The fourth-order valence-corrected chi connectivity index (χ4v) is 2.71. The van der Waals surface area contributed by atoms with Gasteiger partial charge in [0.1, 0.15) is 11.4 Å². The number of rotatable bonds is 1. The number of halogens is 1. The van der Waals surface area contributed by atoms with Crippen LogP contribution in [0.3, 0.4) is 0 Å². The van der Waals surface area contributed by atoms with E-state index in [0.717, 1.165) is 4.48 Å². The Bertz CT molecular complexity index is 761. The van der Waals surface area contributed by atoms with Crippen LogP contribution in [0.2, 0.25) is 0 Å². The van der Waals surface area contributed by atoms with Crippen molar-refractivity contribution >= 4 is 39.1 Å². The van der Waals surface area contributed by atoms with Gasteiger partial charge in [-0.25, -0.2) is 4.79 Å². The molecule has 2 aliphatic heterocycles. The van der Waals surface area contributed by atoms with Gasteiger partial charge in [-0.15, -0.1) is 0 Å². The first-order chi connectivity index (χ1) is 10.3. The number of amides is 1. The molecule has 0 spiro atoms. The summed E-state index contributed by atoms with van der Waals surface area (Å²) < 4.78 is 11.4. The van der Waals surface area contributed by atoms with Crippen LogP contribution in [0.4, 0.5) is 5.69 Å². The highest BCUT2D eigenvalue weighted by molar-refractivity contribution is 9.11. The largest absolute Gasteiger partial charge is 0.482 e. The standard InChI is InChI=1S/C16H14BrNO4/c1-16(2)12(17)7-11(22-16)13-9-6-8(15(20)21-3)4-5-10(9)18-14(13)19/h4-7H,1-3H3,(H,18,19)/b13-11+. The number of benzene rings is 1. The lowest BCUT2D eigenvalue weighted by Gasteiger charge is -2.20. The van der Waals surface area contributed by atoms with Crippen molar-refractivity contribution in [3.8, 4) is 0 Å². The lowest BCUT2D eigenvalue weighted by atomic mass is 10.0. The first-order valence-electron chi connectivity index (χ1n) is 6.68. The highest BCUT2D eigenvalue weighted by Crippen LogP contribution is 2.42. The fraction of sp³-hybridized carbons (Fsp3) is 0.250. The van der Waals surface area contributed by atoms with E-state index in [0.29, 0.717) is 28.1 Å². The minimum Gasteiger partial charge on any atom is -0.482 e. The monoisotopic (exact) mass is 363 g/mol. The molecule has 2 heterocycles. The summed E-state index contributed by atoms with van der Waals surface area (Å²) in [5, 5.41) is 2.78. The van der Waals surface area contributed by atoms with E-state index < -0.39 is 11.6 Å². The van der Waals surface area contributed by atoms with E-state index in [2.05, 4.69) is 21.2 Å². The highest BCUT2D eigenvalue weighted by Gasteiger charge is 2.36. The first kappa shape index (κ1) is 14.8.